The molecule has 2 N–H and O–H groups in total. The topological polar surface area (TPSA) is 70.7 Å². The number of aromatic amines is 1. The molecule has 0 unspecified atom stereocenters. The van der Waals surface area contributed by atoms with Gasteiger partial charge in [-0.15, -0.1) is 0 Å². The lowest BCUT2D eigenvalue weighted by molar-refractivity contribution is 0.0984. The Labute approximate surface area is 187 Å². The minimum Gasteiger partial charge on any atom is -0.296 e. The Morgan fingerprint density at radius 2 is 1.67 bits per heavy atom. The molecular formula is C23H28N4OS2. The molecule has 0 saturated heterocycles. The van der Waals surface area contributed by atoms with Gasteiger partial charge in [-0.05, 0) is 29.7 Å². The molecule has 0 atom stereocenters. The van der Waals surface area contributed by atoms with Crippen molar-refractivity contribution in [1.29, 1.82) is 0 Å². The molecule has 3 aromatic rings. The van der Waals surface area contributed by atoms with Gasteiger partial charge in [-0.3, -0.25) is 9.52 Å². The predicted molar refractivity (Wildman–Crippen MR) is 127 cm³/mol. The summed E-state index contributed by atoms with van der Waals surface area (Å²) in [6.07, 6.45) is 6.61. The Bertz CT molecular complexity index is 881. The van der Waals surface area contributed by atoms with Crippen LogP contribution >= 0.6 is 23.7 Å². The smallest absolute Gasteiger partial charge is 0.261 e. The maximum atomic E-state index is 12.2. The molecule has 0 aliphatic carbocycles. The number of nitrogens with one attached hydrogen (secondary N) is 2. The van der Waals surface area contributed by atoms with Crippen molar-refractivity contribution < 1.29 is 4.79 Å². The molecule has 1 amide bonds. The molecule has 0 bridgehead atoms. The van der Waals surface area contributed by atoms with E-state index in [4.69, 9.17) is 0 Å². The van der Waals surface area contributed by atoms with Crippen LogP contribution in [0.25, 0.3) is 11.3 Å². The van der Waals surface area contributed by atoms with Gasteiger partial charge in [0.15, 0.2) is 0 Å². The van der Waals surface area contributed by atoms with E-state index in [2.05, 4.69) is 51.3 Å². The molecule has 0 saturated carbocycles. The van der Waals surface area contributed by atoms with Crippen LogP contribution in [0.2, 0.25) is 0 Å². The summed E-state index contributed by atoms with van der Waals surface area (Å²) < 4.78 is 2.94. The number of aromatic nitrogens is 3. The van der Waals surface area contributed by atoms with E-state index in [1.54, 1.807) is 6.20 Å². The third kappa shape index (κ3) is 7.22. The molecule has 1 heterocycles. The molecule has 0 fully saturated rings. The average Bonchev–Trinajstić information content (AvgIpc) is 3.32. The third-order valence-corrected chi connectivity index (χ3v) is 6.58. The van der Waals surface area contributed by atoms with Crippen molar-refractivity contribution in [2.45, 2.75) is 44.1 Å². The standard InChI is InChI=1S/C23H28N4OS2/c1-2-3-4-5-14-30-26-23(28)21-12-8-19(9-13-21)17-29-16-18-6-10-20(11-7-18)22-15-24-27-25-22/h6-13,15H,2-5,14,16-17H2,1H3,(H,26,28)(H,24,25,27). The van der Waals surface area contributed by atoms with E-state index in [0.29, 0.717) is 5.56 Å². The number of rotatable bonds is 12. The van der Waals surface area contributed by atoms with Crippen LogP contribution < -0.4 is 4.72 Å². The Morgan fingerprint density at radius 3 is 2.30 bits per heavy atom. The van der Waals surface area contributed by atoms with Crippen molar-refractivity contribution in [1.82, 2.24) is 20.1 Å². The number of benzene rings is 2. The lowest BCUT2D eigenvalue weighted by Crippen LogP contribution is -2.16. The summed E-state index contributed by atoms with van der Waals surface area (Å²) in [7, 11) is 0. The molecular weight excluding hydrogens is 412 g/mol. The van der Waals surface area contributed by atoms with E-state index in [9.17, 15) is 4.79 Å². The first-order valence-electron chi connectivity index (χ1n) is 10.3. The molecule has 0 aliphatic rings. The molecule has 158 valence electrons. The summed E-state index contributed by atoms with van der Waals surface area (Å²) in [5.41, 5.74) is 5.13. The molecule has 0 radical (unpaired) electrons. The van der Waals surface area contributed by atoms with E-state index < -0.39 is 0 Å². The number of thioether (sulfide) groups is 1. The summed E-state index contributed by atoms with van der Waals surface area (Å²) in [6.45, 7) is 2.20. The van der Waals surface area contributed by atoms with E-state index in [1.165, 1.54) is 42.3 Å². The first kappa shape index (κ1) is 22.4. The molecule has 1 aromatic heterocycles. The Balaban J connectivity index is 1.37. The van der Waals surface area contributed by atoms with E-state index in [0.717, 1.165) is 34.9 Å². The number of nitrogens with zero attached hydrogens (tertiary/aromatic N) is 2. The summed E-state index contributed by atoms with van der Waals surface area (Å²) >= 11 is 3.37. The fourth-order valence-corrected chi connectivity index (χ4v) is 4.59. The molecule has 7 heteroatoms. The molecule has 3 rings (SSSR count). The highest BCUT2D eigenvalue weighted by Gasteiger charge is 2.06. The van der Waals surface area contributed by atoms with Gasteiger partial charge in [0.25, 0.3) is 5.91 Å². The molecule has 0 spiro atoms. The highest BCUT2D eigenvalue weighted by atomic mass is 32.2. The van der Waals surface area contributed by atoms with Crippen LogP contribution in [0.3, 0.4) is 0 Å². The largest absolute Gasteiger partial charge is 0.296 e. The van der Waals surface area contributed by atoms with Gasteiger partial charge in [-0.2, -0.15) is 27.2 Å². The van der Waals surface area contributed by atoms with Gasteiger partial charge in [0, 0.05) is 28.4 Å². The SMILES string of the molecule is CCCCCCSNC(=O)c1ccc(CSCc2ccc(-c3cn[nH]n3)cc2)cc1. The summed E-state index contributed by atoms with van der Waals surface area (Å²) in [6, 6.07) is 16.3. The van der Waals surface area contributed by atoms with Crippen molar-refractivity contribution in [3.63, 3.8) is 0 Å². The van der Waals surface area contributed by atoms with Gasteiger partial charge in [0.05, 0.1) is 6.20 Å². The van der Waals surface area contributed by atoms with Crippen LogP contribution in [0.15, 0.2) is 54.7 Å². The predicted octanol–water partition coefficient (Wildman–Crippen LogP) is 5.86. The maximum Gasteiger partial charge on any atom is 0.261 e. The third-order valence-electron chi connectivity index (χ3n) is 4.68. The second kappa shape index (κ2) is 12.4. The van der Waals surface area contributed by atoms with Crippen LogP contribution in [0.1, 0.15) is 54.1 Å². The molecule has 2 aromatic carbocycles. The normalized spacial score (nSPS) is 10.8. The number of hydrogen-bond acceptors (Lipinski definition) is 5. The Hall–Kier alpha value is -2.25. The van der Waals surface area contributed by atoms with Gasteiger partial charge in [-0.1, -0.05) is 74.5 Å². The van der Waals surface area contributed by atoms with E-state index in [-0.39, 0.29) is 5.91 Å². The van der Waals surface area contributed by atoms with Crippen LogP contribution in [0.5, 0.6) is 0 Å². The number of carbonyl (C=O) groups excluding carboxylic acids is 1. The number of hydrogen-bond donors (Lipinski definition) is 2. The highest BCUT2D eigenvalue weighted by Crippen LogP contribution is 2.21. The monoisotopic (exact) mass is 440 g/mol. The average molecular weight is 441 g/mol. The van der Waals surface area contributed by atoms with Crippen LogP contribution in [0.4, 0.5) is 0 Å². The van der Waals surface area contributed by atoms with Crippen molar-refractivity contribution in [3.05, 3.63) is 71.4 Å². The molecule has 0 aliphatic heterocycles. The second-order valence-corrected chi connectivity index (χ2v) is 8.97. The minimum atomic E-state index is -0.0121. The van der Waals surface area contributed by atoms with Gasteiger partial charge in [0.1, 0.15) is 5.69 Å². The molecule has 5 nitrogen and oxygen atoms in total. The van der Waals surface area contributed by atoms with Gasteiger partial charge < -0.3 is 0 Å². The Morgan fingerprint density at radius 1 is 0.967 bits per heavy atom. The van der Waals surface area contributed by atoms with Gasteiger partial charge in [0.2, 0.25) is 0 Å². The first-order valence-corrected chi connectivity index (χ1v) is 12.4. The van der Waals surface area contributed by atoms with Crippen LogP contribution in [-0.2, 0) is 11.5 Å². The van der Waals surface area contributed by atoms with Crippen molar-refractivity contribution in [3.8, 4) is 11.3 Å². The quantitative estimate of drug-likeness (QED) is 0.272. The minimum absolute atomic E-state index is 0.0121. The van der Waals surface area contributed by atoms with Crippen molar-refractivity contribution in [2.24, 2.45) is 0 Å². The Kier molecular flexibility index (Phi) is 9.31. The fourth-order valence-electron chi connectivity index (χ4n) is 2.93. The fraction of sp³-hybridized carbons (Fsp3) is 0.348. The second-order valence-electron chi connectivity index (χ2n) is 7.08. The zero-order valence-corrected chi connectivity index (χ0v) is 18.9. The number of amides is 1. The van der Waals surface area contributed by atoms with Crippen molar-refractivity contribution in [2.75, 3.05) is 5.75 Å². The number of carbonyl (C=O) groups is 1. The first-order chi connectivity index (χ1) is 14.8. The summed E-state index contributed by atoms with van der Waals surface area (Å²) in [4.78, 5) is 12.2. The maximum absolute atomic E-state index is 12.2. The highest BCUT2D eigenvalue weighted by molar-refractivity contribution is 7.98. The zero-order chi connectivity index (χ0) is 21.0. The van der Waals surface area contributed by atoms with Gasteiger partial charge >= 0.3 is 0 Å². The van der Waals surface area contributed by atoms with E-state index in [1.807, 2.05) is 36.0 Å². The van der Waals surface area contributed by atoms with Gasteiger partial charge in [-0.25, -0.2) is 0 Å². The van der Waals surface area contributed by atoms with Crippen molar-refractivity contribution >= 4 is 29.6 Å². The molecule has 30 heavy (non-hydrogen) atoms. The number of unbranched alkanes of at least 4 members (excludes halogenated alkanes) is 3. The zero-order valence-electron chi connectivity index (χ0n) is 17.3. The van der Waals surface area contributed by atoms with E-state index >= 15 is 0 Å². The summed E-state index contributed by atoms with van der Waals surface area (Å²) in [5.74, 6) is 2.82. The van der Waals surface area contributed by atoms with Crippen LogP contribution in [0, 0.1) is 0 Å². The van der Waals surface area contributed by atoms with Crippen LogP contribution in [-0.4, -0.2) is 27.1 Å². The lowest BCUT2D eigenvalue weighted by atomic mass is 10.1. The lowest BCUT2D eigenvalue weighted by Gasteiger charge is -2.06. The number of H-pyrrole nitrogens is 1. The summed E-state index contributed by atoms with van der Waals surface area (Å²) in [5, 5.41) is 10.6.